The summed E-state index contributed by atoms with van der Waals surface area (Å²) in [6.45, 7) is 0.195. The van der Waals surface area contributed by atoms with E-state index < -0.39 is 109 Å². The number of carbonyl (C=O) groups excluding carboxylic acids is 7. The van der Waals surface area contributed by atoms with Gasteiger partial charge in [0.15, 0.2) is 0 Å². The Labute approximate surface area is 394 Å². The van der Waals surface area contributed by atoms with Crippen LogP contribution in [0.15, 0.2) is 0 Å². The van der Waals surface area contributed by atoms with Crippen LogP contribution in [0.5, 0.6) is 0 Å². The first-order chi connectivity index (χ1) is 32.1. The number of carboxylic acid groups (broad SMARTS) is 1. The molecule has 0 aliphatic carbocycles. The Morgan fingerprint density at radius 2 is 0.507 bits per heavy atom. The highest BCUT2D eigenvalue weighted by Crippen LogP contribution is 2.11. The van der Waals surface area contributed by atoms with Gasteiger partial charge in [-0.2, -0.15) is 0 Å². The molecule has 67 heavy (non-hydrogen) atoms. The maximum atomic E-state index is 14.2. The molecule has 0 fully saturated rings. The molecule has 0 spiro atoms. The van der Waals surface area contributed by atoms with E-state index in [0.717, 1.165) is 0 Å². The molecule has 0 aliphatic rings. The summed E-state index contributed by atoms with van der Waals surface area (Å²) in [7, 11) is 0. The number of hydrogen-bond acceptors (Lipinski definition) is 17. The van der Waals surface area contributed by atoms with Crippen molar-refractivity contribution in [2.45, 2.75) is 164 Å². The van der Waals surface area contributed by atoms with Crippen molar-refractivity contribution < 1.29 is 53.7 Å². The van der Waals surface area contributed by atoms with Gasteiger partial charge in [-0.1, -0.05) is 0 Å². The molecule has 0 rings (SSSR count). The van der Waals surface area contributed by atoms with E-state index >= 15 is 0 Å². The molecule has 8 atom stereocenters. The Balaban J connectivity index is 6.68. The van der Waals surface area contributed by atoms with Gasteiger partial charge in [-0.3, -0.25) is 33.6 Å². The van der Waals surface area contributed by atoms with Crippen LogP contribution in [-0.2, 0) is 38.4 Å². The average Bonchev–Trinajstić information content (AvgIpc) is 3.30. The van der Waals surface area contributed by atoms with Crippen molar-refractivity contribution in [1.29, 1.82) is 0 Å². The number of unbranched alkanes of at least 4 members (excludes halogenated alkanes) is 6. The van der Waals surface area contributed by atoms with Crippen LogP contribution in [0.1, 0.15) is 116 Å². The average molecular weight is 961 g/mol. The number of aliphatic carboxylic acids is 1. The molecule has 25 nitrogen and oxygen atoms in total. The molecule has 0 saturated carbocycles. The highest BCUT2D eigenvalue weighted by Gasteiger charge is 2.34. The Bertz CT molecular complexity index is 1470. The summed E-state index contributed by atoms with van der Waals surface area (Å²) in [5.41, 5.74) is 39.9. The molecule has 0 saturated heterocycles. The first-order valence-corrected chi connectivity index (χ1v) is 23.6. The smallest absolute Gasteiger partial charge is 0.328 e. The molecular weight excluding hydrogens is 877 g/mol. The summed E-state index contributed by atoms with van der Waals surface area (Å²) in [4.78, 5) is 107. The topological polar surface area (TPSA) is 464 Å². The van der Waals surface area contributed by atoms with Crippen LogP contribution in [0.3, 0.4) is 0 Å². The normalized spacial score (nSPS) is 14.8. The van der Waals surface area contributed by atoms with Gasteiger partial charge in [-0.25, -0.2) is 4.79 Å². The summed E-state index contributed by atoms with van der Waals surface area (Å²) in [6.07, 6.45) is 5.91. The number of carbonyl (C=O) groups is 8. The fourth-order valence-corrected chi connectivity index (χ4v) is 6.75. The summed E-state index contributed by atoms with van der Waals surface area (Å²) in [5.74, 6) is -6.82. The number of hydrogen-bond donors (Lipinski definition) is 17. The third kappa shape index (κ3) is 27.1. The maximum absolute atomic E-state index is 14.2. The quantitative estimate of drug-likeness (QED) is 0.0254. The second-order valence-corrected chi connectivity index (χ2v) is 16.4. The first kappa shape index (κ1) is 62.4. The van der Waals surface area contributed by atoms with Crippen molar-refractivity contribution >= 4 is 47.3 Å². The van der Waals surface area contributed by atoms with Crippen molar-refractivity contribution in [1.82, 2.24) is 37.2 Å². The number of nitrogens with one attached hydrogen (secondary N) is 7. The molecule has 7 amide bonds. The minimum Gasteiger partial charge on any atom is -0.480 e. The lowest BCUT2D eigenvalue weighted by atomic mass is 10.0. The standard InChI is InChI=1S/C42H84N14O11/c43-19-7-1-13-28(50-35(59)27(49)25-57)36(60)51-29(14-2-8-20-44)37(61)52-30(15-3-9-21-45)38(62)53-31(16-4-10-22-46)39(63)54-32(17-5-11-23-47)40(64)55-33(18-6-12-24-48)41(65)56-34(26-58)42(66)67/h27-34,57-58H,1-26,43-49H2,(H,50,59)(H,51,60)(H,52,61)(H,53,62)(H,54,63)(H,55,64)(H,56,65)(H,66,67)/t27-,28-,29-,30-,31-,32-,33-,34-/m0/s1. The molecular formula is C42H84N14O11. The van der Waals surface area contributed by atoms with E-state index in [9.17, 15) is 53.7 Å². The van der Waals surface area contributed by atoms with Crippen molar-refractivity contribution in [3.05, 3.63) is 0 Å². The van der Waals surface area contributed by atoms with Crippen LogP contribution in [0, 0.1) is 0 Å². The molecule has 24 N–H and O–H groups in total. The molecule has 0 bridgehead atoms. The zero-order chi connectivity index (χ0) is 50.6. The summed E-state index contributed by atoms with van der Waals surface area (Å²) >= 11 is 0. The van der Waals surface area contributed by atoms with E-state index in [-0.39, 0.29) is 64.7 Å². The van der Waals surface area contributed by atoms with Crippen molar-refractivity contribution in [3.63, 3.8) is 0 Å². The van der Waals surface area contributed by atoms with Crippen LogP contribution in [0.4, 0.5) is 0 Å². The van der Waals surface area contributed by atoms with E-state index in [0.29, 0.717) is 90.1 Å². The molecule has 0 aromatic rings. The van der Waals surface area contributed by atoms with E-state index in [4.69, 9.17) is 40.1 Å². The van der Waals surface area contributed by atoms with Gasteiger partial charge in [0, 0.05) is 0 Å². The highest BCUT2D eigenvalue weighted by molar-refractivity contribution is 5.97. The van der Waals surface area contributed by atoms with E-state index in [1.165, 1.54) is 0 Å². The molecule has 0 aromatic carbocycles. The van der Waals surface area contributed by atoms with Gasteiger partial charge in [-0.05, 0) is 155 Å². The highest BCUT2D eigenvalue weighted by atomic mass is 16.4. The van der Waals surface area contributed by atoms with Gasteiger partial charge >= 0.3 is 5.97 Å². The summed E-state index contributed by atoms with van der Waals surface area (Å²) in [5, 5.41) is 46.4. The minimum atomic E-state index is -1.63. The SMILES string of the molecule is NCCCC[C@H](NC(=O)[C@H](CCCCN)NC(=O)[C@H](CCCCN)NC(=O)[C@H](CCCCN)NC(=O)[C@H](CCCCN)NC(=O)[C@H](CCCCN)NC(=O)[C@@H](N)CO)C(=O)N[C@@H](CO)C(=O)O. The molecule has 0 heterocycles. The zero-order valence-corrected chi connectivity index (χ0v) is 39.2. The number of nitrogens with two attached hydrogens (primary N) is 7. The lowest BCUT2D eigenvalue weighted by Gasteiger charge is -2.28. The van der Waals surface area contributed by atoms with Crippen LogP contribution in [0.25, 0.3) is 0 Å². The van der Waals surface area contributed by atoms with Gasteiger partial charge in [0.1, 0.15) is 48.3 Å². The monoisotopic (exact) mass is 961 g/mol. The first-order valence-electron chi connectivity index (χ1n) is 23.6. The van der Waals surface area contributed by atoms with Crippen molar-refractivity contribution in [2.24, 2.45) is 40.1 Å². The predicted molar refractivity (Wildman–Crippen MR) is 251 cm³/mol. The largest absolute Gasteiger partial charge is 0.480 e. The third-order valence-corrected chi connectivity index (χ3v) is 10.8. The van der Waals surface area contributed by atoms with E-state index in [1.54, 1.807) is 0 Å². The lowest BCUT2D eigenvalue weighted by molar-refractivity contribution is -0.143. The Morgan fingerprint density at radius 1 is 0.313 bits per heavy atom. The molecule has 0 radical (unpaired) electrons. The fourth-order valence-electron chi connectivity index (χ4n) is 6.75. The number of carboxylic acids is 1. The second kappa shape index (κ2) is 38.4. The van der Waals surface area contributed by atoms with Gasteiger partial charge < -0.3 is 92.7 Å². The number of amides is 7. The van der Waals surface area contributed by atoms with Crippen molar-refractivity contribution in [2.75, 3.05) is 52.5 Å². The van der Waals surface area contributed by atoms with Crippen LogP contribution in [0.2, 0.25) is 0 Å². The van der Waals surface area contributed by atoms with Gasteiger partial charge in [0.2, 0.25) is 41.4 Å². The molecule has 25 heteroatoms. The van der Waals surface area contributed by atoms with Crippen LogP contribution in [-0.4, -0.2) is 163 Å². The van der Waals surface area contributed by atoms with Gasteiger partial charge in [0.25, 0.3) is 0 Å². The van der Waals surface area contributed by atoms with E-state index in [2.05, 4.69) is 37.2 Å². The Morgan fingerprint density at radius 3 is 0.672 bits per heavy atom. The van der Waals surface area contributed by atoms with Gasteiger partial charge in [0.05, 0.1) is 13.2 Å². The summed E-state index contributed by atoms with van der Waals surface area (Å²) in [6, 6.07) is -10.2. The number of aliphatic hydroxyl groups excluding tert-OH is 2. The molecule has 0 aliphatic heterocycles. The fraction of sp³-hybridized carbons (Fsp3) is 0.810. The zero-order valence-electron chi connectivity index (χ0n) is 39.2. The lowest BCUT2D eigenvalue weighted by Crippen LogP contribution is -2.60. The van der Waals surface area contributed by atoms with Crippen molar-refractivity contribution in [3.8, 4) is 0 Å². The second-order valence-electron chi connectivity index (χ2n) is 16.4. The Hall–Kier alpha value is -4.60. The molecule has 388 valence electrons. The molecule has 0 aromatic heterocycles. The van der Waals surface area contributed by atoms with Gasteiger partial charge in [-0.15, -0.1) is 0 Å². The maximum Gasteiger partial charge on any atom is 0.328 e. The Kier molecular flexibility index (Phi) is 35.7. The molecule has 0 unspecified atom stereocenters. The van der Waals surface area contributed by atoms with Crippen LogP contribution >= 0.6 is 0 Å². The minimum absolute atomic E-state index is 0.0634. The predicted octanol–water partition coefficient (Wildman–Crippen LogP) is -5.45. The summed E-state index contributed by atoms with van der Waals surface area (Å²) < 4.78 is 0. The van der Waals surface area contributed by atoms with E-state index in [1.807, 2.05) is 0 Å². The number of rotatable bonds is 41. The van der Waals surface area contributed by atoms with Crippen LogP contribution < -0.4 is 77.4 Å². The third-order valence-electron chi connectivity index (χ3n) is 10.8. The number of aliphatic hydroxyl groups is 2.